The summed E-state index contributed by atoms with van der Waals surface area (Å²) in [5, 5.41) is 2.96. The Balaban J connectivity index is 1.80. The number of para-hydroxylation sites is 2. The number of carbonyl (C=O) groups excluding carboxylic acids is 1. The van der Waals surface area contributed by atoms with Crippen molar-refractivity contribution in [1.29, 1.82) is 0 Å². The predicted molar refractivity (Wildman–Crippen MR) is 88.4 cm³/mol. The van der Waals surface area contributed by atoms with Gasteiger partial charge in [0.2, 0.25) is 5.91 Å². The Hall–Kier alpha value is -2.29. The van der Waals surface area contributed by atoms with Crippen molar-refractivity contribution in [3.63, 3.8) is 0 Å². The monoisotopic (exact) mass is 295 g/mol. The molecular weight excluding hydrogens is 274 g/mol. The maximum Gasteiger partial charge on any atom is 0.232 e. The van der Waals surface area contributed by atoms with Crippen molar-refractivity contribution in [1.82, 2.24) is 0 Å². The fraction of sp³-hybridized carbons (Fsp3) is 0.316. The van der Waals surface area contributed by atoms with E-state index in [-0.39, 0.29) is 11.8 Å². The second kappa shape index (κ2) is 6.65. The number of hydrogen-bond donors (Lipinski definition) is 1. The molecule has 0 fully saturated rings. The molecule has 1 atom stereocenters. The van der Waals surface area contributed by atoms with E-state index in [4.69, 9.17) is 4.74 Å². The molecule has 1 heterocycles. The van der Waals surface area contributed by atoms with Gasteiger partial charge in [-0.1, -0.05) is 49.7 Å². The second-order valence-corrected chi connectivity index (χ2v) is 5.64. The Labute approximate surface area is 131 Å². The molecule has 114 valence electrons. The summed E-state index contributed by atoms with van der Waals surface area (Å²) >= 11 is 0. The van der Waals surface area contributed by atoms with Gasteiger partial charge in [-0.15, -0.1) is 0 Å². The molecule has 1 unspecified atom stereocenters. The largest absolute Gasteiger partial charge is 0.493 e. The number of unbranched alkanes of at least 4 members (excludes halogenated alkanes) is 1. The molecular formula is C19H21NO2. The Bertz CT molecular complexity index is 666. The highest BCUT2D eigenvalue weighted by atomic mass is 16.5. The van der Waals surface area contributed by atoms with Crippen molar-refractivity contribution < 1.29 is 9.53 Å². The molecule has 22 heavy (non-hydrogen) atoms. The summed E-state index contributed by atoms with van der Waals surface area (Å²) in [7, 11) is 0. The quantitative estimate of drug-likeness (QED) is 0.813. The average Bonchev–Trinajstić information content (AvgIpc) is 2.85. The van der Waals surface area contributed by atoms with Crippen molar-refractivity contribution in [3.8, 4) is 5.75 Å². The number of nitrogens with one attached hydrogen (secondary N) is 1. The zero-order chi connectivity index (χ0) is 15.4. The molecule has 0 saturated heterocycles. The van der Waals surface area contributed by atoms with Crippen LogP contribution < -0.4 is 10.1 Å². The van der Waals surface area contributed by atoms with Gasteiger partial charge in [-0.2, -0.15) is 0 Å². The summed E-state index contributed by atoms with van der Waals surface area (Å²) in [6.45, 7) is 2.87. The van der Waals surface area contributed by atoms with Crippen LogP contribution in [0.15, 0.2) is 48.5 Å². The van der Waals surface area contributed by atoms with Crippen molar-refractivity contribution in [2.75, 3.05) is 11.9 Å². The smallest absolute Gasteiger partial charge is 0.232 e. The van der Waals surface area contributed by atoms with Crippen LogP contribution >= 0.6 is 0 Å². The third kappa shape index (κ3) is 2.98. The summed E-state index contributed by atoms with van der Waals surface area (Å²) in [6, 6.07) is 15.9. The van der Waals surface area contributed by atoms with Crippen LogP contribution in [-0.2, 0) is 11.2 Å². The van der Waals surface area contributed by atoms with Crippen molar-refractivity contribution in [2.45, 2.75) is 32.1 Å². The number of hydrogen-bond acceptors (Lipinski definition) is 2. The van der Waals surface area contributed by atoms with Crippen LogP contribution in [0.1, 0.15) is 36.8 Å². The van der Waals surface area contributed by atoms with Gasteiger partial charge in [0.15, 0.2) is 0 Å². The second-order valence-electron chi connectivity index (χ2n) is 5.64. The SMILES string of the molecule is CCCCOc1ccccc1CC1C(=O)Nc2ccccc21. The van der Waals surface area contributed by atoms with E-state index in [0.29, 0.717) is 6.42 Å². The number of ether oxygens (including phenoxy) is 1. The lowest BCUT2D eigenvalue weighted by Gasteiger charge is -2.14. The highest BCUT2D eigenvalue weighted by Crippen LogP contribution is 2.36. The topological polar surface area (TPSA) is 38.3 Å². The molecule has 2 aromatic carbocycles. The Morgan fingerprint density at radius 1 is 1.09 bits per heavy atom. The zero-order valence-corrected chi connectivity index (χ0v) is 12.8. The molecule has 1 aliphatic rings. The van der Waals surface area contributed by atoms with Crippen molar-refractivity contribution >= 4 is 11.6 Å². The molecule has 0 spiro atoms. The highest BCUT2D eigenvalue weighted by molar-refractivity contribution is 6.03. The van der Waals surface area contributed by atoms with Crippen LogP contribution in [-0.4, -0.2) is 12.5 Å². The fourth-order valence-electron chi connectivity index (χ4n) is 2.84. The van der Waals surface area contributed by atoms with E-state index < -0.39 is 0 Å². The van der Waals surface area contributed by atoms with E-state index in [9.17, 15) is 4.79 Å². The van der Waals surface area contributed by atoms with Gasteiger partial charge in [0, 0.05) is 5.69 Å². The number of carbonyl (C=O) groups is 1. The predicted octanol–water partition coefficient (Wildman–Crippen LogP) is 4.14. The minimum atomic E-state index is -0.132. The maximum atomic E-state index is 12.3. The molecule has 1 aliphatic heterocycles. The van der Waals surface area contributed by atoms with Gasteiger partial charge in [-0.25, -0.2) is 0 Å². The Kier molecular flexibility index (Phi) is 4.42. The number of rotatable bonds is 6. The minimum absolute atomic E-state index is 0.0737. The summed E-state index contributed by atoms with van der Waals surface area (Å²) in [6.07, 6.45) is 2.83. The van der Waals surface area contributed by atoms with Crippen molar-refractivity contribution in [3.05, 3.63) is 59.7 Å². The molecule has 3 heteroatoms. The first-order chi connectivity index (χ1) is 10.8. The zero-order valence-electron chi connectivity index (χ0n) is 12.8. The van der Waals surface area contributed by atoms with Gasteiger partial charge < -0.3 is 10.1 Å². The number of benzene rings is 2. The summed E-state index contributed by atoms with van der Waals surface area (Å²) < 4.78 is 5.88. The van der Waals surface area contributed by atoms with Crippen LogP contribution in [0.25, 0.3) is 0 Å². The van der Waals surface area contributed by atoms with E-state index in [1.807, 2.05) is 42.5 Å². The number of anilines is 1. The van der Waals surface area contributed by atoms with E-state index >= 15 is 0 Å². The lowest BCUT2D eigenvalue weighted by Crippen LogP contribution is -2.15. The highest BCUT2D eigenvalue weighted by Gasteiger charge is 2.30. The first-order valence-corrected chi connectivity index (χ1v) is 7.90. The first kappa shape index (κ1) is 14.6. The van der Waals surface area contributed by atoms with E-state index in [0.717, 1.165) is 42.0 Å². The molecule has 2 aromatic rings. The number of amides is 1. The minimum Gasteiger partial charge on any atom is -0.493 e. The fourth-order valence-corrected chi connectivity index (χ4v) is 2.84. The van der Waals surface area contributed by atoms with Gasteiger partial charge in [-0.3, -0.25) is 4.79 Å². The molecule has 1 N–H and O–H groups in total. The van der Waals surface area contributed by atoms with E-state index in [1.54, 1.807) is 0 Å². The molecule has 0 aliphatic carbocycles. The molecule has 3 rings (SSSR count). The van der Waals surface area contributed by atoms with E-state index in [1.165, 1.54) is 0 Å². The standard InChI is InChI=1S/C19H21NO2/c1-2-3-12-22-18-11-7-4-8-14(18)13-16-15-9-5-6-10-17(15)20-19(16)21/h4-11,16H,2-3,12-13H2,1H3,(H,20,21). The Morgan fingerprint density at radius 3 is 2.73 bits per heavy atom. The van der Waals surface area contributed by atoms with Gasteiger partial charge in [0.1, 0.15) is 5.75 Å². The van der Waals surface area contributed by atoms with Crippen LogP contribution in [0.5, 0.6) is 5.75 Å². The Morgan fingerprint density at radius 2 is 1.86 bits per heavy atom. The molecule has 3 nitrogen and oxygen atoms in total. The van der Waals surface area contributed by atoms with Gasteiger partial charge >= 0.3 is 0 Å². The van der Waals surface area contributed by atoms with E-state index in [2.05, 4.69) is 18.3 Å². The summed E-state index contributed by atoms with van der Waals surface area (Å²) in [5.41, 5.74) is 3.10. The summed E-state index contributed by atoms with van der Waals surface area (Å²) in [5.74, 6) is 0.838. The van der Waals surface area contributed by atoms with Gasteiger partial charge in [-0.05, 0) is 36.1 Å². The maximum absolute atomic E-state index is 12.3. The molecule has 0 saturated carbocycles. The van der Waals surface area contributed by atoms with Crippen LogP contribution in [0.3, 0.4) is 0 Å². The lowest BCUT2D eigenvalue weighted by molar-refractivity contribution is -0.117. The normalized spacial score (nSPS) is 16.2. The number of fused-ring (bicyclic) bond motifs is 1. The first-order valence-electron chi connectivity index (χ1n) is 7.90. The molecule has 0 radical (unpaired) electrons. The lowest BCUT2D eigenvalue weighted by atomic mass is 9.93. The molecule has 0 aromatic heterocycles. The van der Waals surface area contributed by atoms with Crippen LogP contribution in [0, 0.1) is 0 Å². The van der Waals surface area contributed by atoms with Gasteiger partial charge in [0.25, 0.3) is 0 Å². The van der Waals surface area contributed by atoms with Crippen molar-refractivity contribution in [2.24, 2.45) is 0 Å². The third-order valence-electron chi connectivity index (χ3n) is 4.06. The van der Waals surface area contributed by atoms with Gasteiger partial charge in [0.05, 0.1) is 12.5 Å². The molecule has 0 bridgehead atoms. The van der Waals surface area contributed by atoms with Crippen LogP contribution in [0.2, 0.25) is 0 Å². The summed E-state index contributed by atoms with van der Waals surface area (Å²) in [4.78, 5) is 12.3. The third-order valence-corrected chi connectivity index (χ3v) is 4.06. The average molecular weight is 295 g/mol. The van der Waals surface area contributed by atoms with Crippen LogP contribution in [0.4, 0.5) is 5.69 Å². The molecule has 1 amide bonds.